The number of aryl methyl sites for hydroxylation is 1. The molecule has 0 atom stereocenters. The number of hydrogen-bond acceptors (Lipinski definition) is 2. The van der Waals surface area contributed by atoms with Gasteiger partial charge < -0.3 is 14.4 Å². The van der Waals surface area contributed by atoms with E-state index in [0.29, 0.717) is 5.75 Å². The summed E-state index contributed by atoms with van der Waals surface area (Å²) in [5.41, 5.74) is 1.03. The first-order valence-corrected chi connectivity index (χ1v) is 4.51. The fourth-order valence-electron chi connectivity index (χ4n) is 1.81. The Hall–Kier alpha value is -1.97. The van der Waals surface area contributed by atoms with E-state index in [0.717, 1.165) is 10.9 Å². The molecule has 0 radical (unpaired) electrons. The van der Waals surface area contributed by atoms with E-state index in [1.807, 2.05) is 24.3 Å². The second-order valence-electron chi connectivity index (χ2n) is 3.26. The molecule has 0 unspecified atom stereocenters. The van der Waals surface area contributed by atoms with Crippen molar-refractivity contribution in [3.63, 3.8) is 0 Å². The van der Waals surface area contributed by atoms with Crippen LogP contribution in [0.2, 0.25) is 0 Å². The topological polar surface area (TPSA) is 51.5 Å². The highest BCUT2D eigenvalue weighted by Gasteiger charge is 2.20. The summed E-state index contributed by atoms with van der Waals surface area (Å²) >= 11 is 0. The molecule has 2 aromatic rings. The highest BCUT2D eigenvalue weighted by Crippen LogP contribution is 2.31. The molecule has 4 heteroatoms. The van der Waals surface area contributed by atoms with Gasteiger partial charge in [0.15, 0.2) is 11.4 Å². The summed E-state index contributed by atoms with van der Waals surface area (Å²) in [5.74, 6) is -0.564. The summed E-state index contributed by atoms with van der Waals surface area (Å²) in [4.78, 5) is 11.1. The minimum Gasteiger partial charge on any atom is -0.494 e. The third-order valence-corrected chi connectivity index (χ3v) is 2.47. The Labute approximate surface area is 86.7 Å². The number of aromatic nitrogens is 1. The first-order valence-electron chi connectivity index (χ1n) is 4.51. The van der Waals surface area contributed by atoms with Crippen LogP contribution >= 0.6 is 0 Å². The van der Waals surface area contributed by atoms with Gasteiger partial charge in [-0.25, -0.2) is 4.79 Å². The lowest BCUT2D eigenvalue weighted by atomic mass is 10.2. The van der Waals surface area contributed by atoms with E-state index in [1.165, 1.54) is 7.11 Å². The maximum absolute atomic E-state index is 11.1. The van der Waals surface area contributed by atoms with Gasteiger partial charge in [0.1, 0.15) is 0 Å². The second-order valence-corrected chi connectivity index (χ2v) is 3.26. The van der Waals surface area contributed by atoms with E-state index in [9.17, 15) is 4.79 Å². The maximum atomic E-state index is 11.1. The Morgan fingerprint density at radius 1 is 1.40 bits per heavy atom. The summed E-state index contributed by atoms with van der Waals surface area (Å²) in [7, 11) is 3.20. The summed E-state index contributed by atoms with van der Waals surface area (Å²) in [6.45, 7) is 0. The van der Waals surface area contributed by atoms with Crippen molar-refractivity contribution in [2.24, 2.45) is 7.05 Å². The monoisotopic (exact) mass is 205 g/mol. The van der Waals surface area contributed by atoms with Crippen LogP contribution in [0.25, 0.3) is 10.9 Å². The molecule has 0 fully saturated rings. The quantitative estimate of drug-likeness (QED) is 0.814. The predicted octanol–water partition coefficient (Wildman–Crippen LogP) is 1.89. The number of nitrogens with zero attached hydrogens (tertiary/aromatic N) is 1. The van der Waals surface area contributed by atoms with E-state index < -0.39 is 5.97 Å². The SMILES string of the molecule is COc1c(C(=O)O)n(C)c2ccccc12. The number of ether oxygens (including phenoxy) is 1. The van der Waals surface area contributed by atoms with Gasteiger partial charge in [0.2, 0.25) is 0 Å². The van der Waals surface area contributed by atoms with Gasteiger partial charge in [-0.05, 0) is 12.1 Å². The van der Waals surface area contributed by atoms with Crippen molar-refractivity contribution in [1.29, 1.82) is 0 Å². The molecule has 2 rings (SSSR count). The molecule has 0 saturated carbocycles. The lowest BCUT2D eigenvalue weighted by molar-refractivity contribution is 0.0683. The van der Waals surface area contributed by atoms with Crippen LogP contribution in [0.1, 0.15) is 10.5 Å². The van der Waals surface area contributed by atoms with Crippen molar-refractivity contribution in [1.82, 2.24) is 4.57 Å². The van der Waals surface area contributed by atoms with Gasteiger partial charge in [-0.2, -0.15) is 0 Å². The number of para-hydroxylation sites is 1. The summed E-state index contributed by atoms with van der Waals surface area (Å²) in [5, 5.41) is 9.90. The van der Waals surface area contributed by atoms with Crippen LogP contribution in [0.4, 0.5) is 0 Å². The lowest BCUT2D eigenvalue weighted by Gasteiger charge is -2.00. The second kappa shape index (κ2) is 3.31. The Kier molecular flexibility index (Phi) is 2.11. The lowest BCUT2D eigenvalue weighted by Crippen LogP contribution is -2.05. The predicted molar refractivity (Wildman–Crippen MR) is 56.4 cm³/mol. The molecular formula is C11H11NO3. The number of fused-ring (bicyclic) bond motifs is 1. The number of carboxylic acid groups (broad SMARTS) is 1. The molecule has 0 amide bonds. The molecule has 1 heterocycles. The number of methoxy groups -OCH3 is 1. The molecule has 4 nitrogen and oxygen atoms in total. The van der Waals surface area contributed by atoms with E-state index in [4.69, 9.17) is 9.84 Å². The van der Waals surface area contributed by atoms with Crippen LogP contribution in [0.15, 0.2) is 24.3 Å². The van der Waals surface area contributed by atoms with Crippen LogP contribution in [0.5, 0.6) is 5.75 Å². The Balaban J connectivity index is 2.90. The molecule has 0 aliphatic carbocycles. The first kappa shape index (κ1) is 9.58. The normalized spacial score (nSPS) is 10.5. The van der Waals surface area contributed by atoms with Crippen molar-refractivity contribution in [2.45, 2.75) is 0 Å². The van der Waals surface area contributed by atoms with Crippen LogP contribution in [-0.2, 0) is 7.05 Å². The minimum absolute atomic E-state index is 0.179. The largest absolute Gasteiger partial charge is 0.494 e. The third kappa shape index (κ3) is 1.26. The van der Waals surface area contributed by atoms with E-state index in [-0.39, 0.29) is 5.69 Å². The van der Waals surface area contributed by atoms with E-state index in [1.54, 1.807) is 11.6 Å². The Morgan fingerprint density at radius 2 is 2.07 bits per heavy atom. The van der Waals surface area contributed by atoms with Crippen LogP contribution in [0, 0.1) is 0 Å². The molecule has 0 saturated heterocycles. The Bertz CT molecular complexity index is 528. The molecule has 15 heavy (non-hydrogen) atoms. The van der Waals surface area contributed by atoms with Crippen LogP contribution in [0.3, 0.4) is 0 Å². The maximum Gasteiger partial charge on any atom is 0.356 e. The highest BCUT2D eigenvalue weighted by molar-refractivity contribution is 6.00. The number of carbonyl (C=O) groups is 1. The molecule has 1 aromatic carbocycles. The molecular weight excluding hydrogens is 194 g/mol. The van der Waals surface area contributed by atoms with Gasteiger partial charge >= 0.3 is 5.97 Å². The van der Waals surface area contributed by atoms with E-state index in [2.05, 4.69) is 0 Å². The van der Waals surface area contributed by atoms with Gasteiger partial charge in [0.05, 0.1) is 12.6 Å². The van der Waals surface area contributed by atoms with Crippen molar-refractivity contribution in [3.05, 3.63) is 30.0 Å². The number of hydrogen-bond donors (Lipinski definition) is 1. The van der Waals surface area contributed by atoms with E-state index >= 15 is 0 Å². The number of benzene rings is 1. The van der Waals surface area contributed by atoms with Gasteiger partial charge in [-0.1, -0.05) is 12.1 Å². The van der Waals surface area contributed by atoms with Crippen molar-refractivity contribution in [3.8, 4) is 5.75 Å². The fourth-order valence-corrected chi connectivity index (χ4v) is 1.81. The van der Waals surface area contributed by atoms with Crippen molar-refractivity contribution < 1.29 is 14.6 Å². The third-order valence-electron chi connectivity index (χ3n) is 2.47. The molecule has 0 spiro atoms. The molecule has 0 aliphatic rings. The zero-order chi connectivity index (χ0) is 11.0. The molecule has 1 aromatic heterocycles. The number of aromatic carboxylic acids is 1. The zero-order valence-corrected chi connectivity index (χ0v) is 8.52. The molecule has 0 aliphatic heterocycles. The number of rotatable bonds is 2. The summed E-state index contributed by atoms with van der Waals surface area (Å²) < 4.78 is 6.76. The summed E-state index contributed by atoms with van der Waals surface area (Å²) in [6, 6.07) is 7.44. The standard InChI is InChI=1S/C11H11NO3/c1-12-8-6-4-3-5-7(8)10(15-2)9(12)11(13)14/h3-6H,1-2H3,(H,13,14). The van der Waals surface area contributed by atoms with Crippen LogP contribution in [-0.4, -0.2) is 22.8 Å². The highest BCUT2D eigenvalue weighted by atomic mass is 16.5. The summed E-state index contributed by atoms with van der Waals surface area (Å²) in [6.07, 6.45) is 0. The van der Waals surface area contributed by atoms with Gasteiger partial charge in [0.25, 0.3) is 0 Å². The minimum atomic E-state index is -0.981. The zero-order valence-electron chi connectivity index (χ0n) is 8.52. The number of carboxylic acids is 1. The van der Waals surface area contributed by atoms with Gasteiger partial charge in [0, 0.05) is 12.4 Å². The Morgan fingerprint density at radius 3 is 2.67 bits per heavy atom. The fraction of sp³-hybridized carbons (Fsp3) is 0.182. The van der Waals surface area contributed by atoms with Crippen molar-refractivity contribution in [2.75, 3.05) is 7.11 Å². The molecule has 1 N–H and O–H groups in total. The van der Waals surface area contributed by atoms with Crippen molar-refractivity contribution >= 4 is 16.9 Å². The molecule has 78 valence electrons. The van der Waals surface area contributed by atoms with Gasteiger partial charge in [-0.15, -0.1) is 0 Å². The molecule has 0 bridgehead atoms. The average molecular weight is 205 g/mol. The first-order chi connectivity index (χ1) is 7.16. The smallest absolute Gasteiger partial charge is 0.356 e. The van der Waals surface area contributed by atoms with Gasteiger partial charge in [-0.3, -0.25) is 0 Å². The average Bonchev–Trinajstić information content (AvgIpc) is 2.52. The van der Waals surface area contributed by atoms with Crippen LogP contribution < -0.4 is 4.74 Å².